The largest absolute Gasteiger partial charge is 0.463 e. The molecule has 1 aliphatic heterocycles. The van der Waals surface area contributed by atoms with Gasteiger partial charge in [0, 0.05) is 11.7 Å². The van der Waals surface area contributed by atoms with Crippen LogP contribution in [0.25, 0.3) is 0 Å². The Labute approximate surface area is 150 Å². The minimum Gasteiger partial charge on any atom is -0.463 e. The van der Waals surface area contributed by atoms with Gasteiger partial charge in [0.2, 0.25) is 0 Å². The fraction of sp³-hybridized carbons (Fsp3) is 0.500. The zero-order valence-corrected chi connectivity index (χ0v) is 16.0. The van der Waals surface area contributed by atoms with Crippen molar-refractivity contribution in [2.75, 3.05) is 11.9 Å². The fourth-order valence-corrected chi connectivity index (χ4v) is 3.22. The van der Waals surface area contributed by atoms with Gasteiger partial charge in [0.25, 0.3) is 5.91 Å². The molecule has 1 heterocycles. The van der Waals surface area contributed by atoms with Crippen LogP contribution in [0.4, 0.5) is 5.69 Å². The lowest BCUT2D eigenvalue weighted by Crippen LogP contribution is -2.41. The van der Waals surface area contributed by atoms with Crippen LogP contribution in [0.5, 0.6) is 0 Å². The van der Waals surface area contributed by atoms with Crippen LogP contribution in [-0.2, 0) is 14.3 Å². The Balaban J connectivity index is 2.49. The van der Waals surface area contributed by atoms with Crippen molar-refractivity contribution >= 4 is 17.6 Å². The molecule has 0 aliphatic carbocycles. The quantitative estimate of drug-likeness (QED) is 0.802. The molecule has 25 heavy (non-hydrogen) atoms. The summed E-state index contributed by atoms with van der Waals surface area (Å²) in [5.41, 5.74) is 3.87. The first kappa shape index (κ1) is 19.0. The highest BCUT2D eigenvalue weighted by atomic mass is 16.5. The average Bonchev–Trinajstić information content (AvgIpc) is 2.83. The van der Waals surface area contributed by atoms with Crippen LogP contribution in [0.1, 0.15) is 45.2 Å². The summed E-state index contributed by atoms with van der Waals surface area (Å²) in [5.74, 6) is -0.569. The van der Waals surface area contributed by atoms with Gasteiger partial charge < -0.3 is 15.0 Å². The van der Waals surface area contributed by atoms with E-state index >= 15 is 0 Å². The van der Waals surface area contributed by atoms with Gasteiger partial charge in [0.05, 0.1) is 18.2 Å². The maximum Gasteiger partial charge on any atom is 0.338 e. The molecule has 0 fully saturated rings. The Morgan fingerprint density at radius 2 is 1.92 bits per heavy atom. The molecular weight excluding hydrogens is 316 g/mol. The lowest BCUT2D eigenvalue weighted by molar-refractivity contribution is -0.139. The molecule has 136 valence electrons. The van der Waals surface area contributed by atoms with E-state index in [-0.39, 0.29) is 24.6 Å². The highest BCUT2D eigenvalue weighted by Gasteiger charge is 2.43. The Kier molecular flexibility index (Phi) is 5.88. The van der Waals surface area contributed by atoms with Gasteiger partial charge in [-0.05, 0) is 64.3 Å². The molecule has 1 N–H and O–H groups in total. The summed E-state index contributed by atoms with van der Waals surface area (Å²) in [6, 6.07) is 5.64. The number of carbonyl (C=O) groups is 2. The molecular formula is C20H28N2O3. The van der Waals surface area contributed by atoms with Crippen molar-refractivity contribution in [1.29, 1.82) is 0 Å². The van der Waals surface area contributed by atoms with Crippen molar-refractivity contribution in [2.45, 2.75) is 60.0 Å². The van der Waals surface area contributed by atoms with Gasteiger partial charge in [-0.25, -0.2) is 4.79 Å². The van der Waals surface area contributed by atoms with Crippen molar-refractivity contribution < 1.29 is 14.3 Å². The first-order chi connectivity index (χ1) is 11.8. The molecule has 1 aromatic carbocycles. The standard InChI is InChI=1S/C20H28N2O3/c1-7-16-17(20(24)25-8-2)18(19(23)22(16)12(3)4)21-15-10-9-13(5)14(6)11-15/h9-12,16,21H,7-8H2,1-6H3. The maximum absolute atomic E-state index is 13.0. The third-order valence-electron chi connectivity index (χ3n) is 4.60. The number of benzene rings is 1. The van der Waals surface area contributed by atoms with Crippen LogP contribution in [0, 0.1) is 13.8 Å². The number of aryl methyl sites for hydroxylation is 2. The molecule has 0 aromatic heterocycles. The van der Waals surface area contributed by atoms with Gasteiger partial charge in [-0.15, -0.1) is 0 Å². The highest BCUT2D eigenvalue weighted by molar-refractivity contribution is 6.09. The highest BCUT2D eigenvalue weighted by Crippen LogP contribution is 2.32. The van der Waals surface area contributed by atoms with Gasteiger partial charge in [-0.3, -0.25) is 4.79 Å². The Bertz CT molecular complexity index is 707. The molecule has 1 amide bonds. The number of hydrogen-bond acceptors (Lipinski definition) is 4. The average molecular weight is 344 g/mol. The summed E-state index contributed by atoms with van der Waals surface area (Å²) in [6.45, 7) is 12.0. The van der Waals surface area contributed by atoms with Crippen LogP contribution in [0.3, 0.4) is 0 Å². The van der Waals surface area contributed by atoms with Crippen molar-refractivity contribution in [2.24, 2.45) is 0 Å². The third kappa shape index (κ3) is 3.70. The predicted octanol–water partition coefficient (Wildman–Crippen LogP) is 3.56. The fourth-order valence-electron chi connectivity index (χ4n) is 3.22. The van der Waals surface area contributed by atoms with E-state index in [2.05, 4.69) is 5.32 Å². The molecule has 1 aromatic rings. The van der Waals surface area contributed by atoms with E-state index in [0.29, 0.717) is 17.7 Å². The van der Waals surface area contributed by atoms with Gasteiger partial charge in [0.1, 0.15) is 5.70 Å². The van der Waals surface area contributed by atoms with Crippen LogP contribution in [0.2, 0.25) is 0 Å². The first-order valence-corrected chi connectivity index (χ1v) is 8.89. The van der Waals surface area contributed by atoms with E-state index in [1.54, 1.807) is 11.8 Å². The second kappa shape index (κ2) is 7.72. The topological polar surface area (TPSA) is 58.6 Å². The van der Waals surface area contributed by atoms with Crippen molar-refractivity contribution in [3.8, 4) is 0 Å². The number of carbonyl (C=O) groups excluding carboxylic acids is 2. The lowest BCUT2D eigenvalue weighted by atomic mass is 10.0. The number of amides is 1. The second-order valence-corrected chi connectivity index (χ2v) is 6.66. The molecule has 2 rings (SSSR count). The molecule has 5 heteroatoms. The predicted molar refractivity (Wildman–Crippen MR) is 99.3 cm³/mol. The summed E-state index contributed by atoms with van der Waals surface area (Å²) >= 11 is 0. The zero-order chi connectivity index (χ0) is 18.7. The molecule has 1 aliphatic rings. The van der Waals surface area contributed by atoms with Gasteiger partial charge in [0.15, 0.2) is 0 Å². The number of nitrogens with one attached hydrogen (secondary N) is 1. The number of hydrogen-bond donors (Lipinski definition) is 1. The van der Waals surface area contributed by atoms with Gasteiger partial charge in [-0.1, -0.05) is 13.0 Å². The Morgan fingerprint density at radius 3 is 2.44 bits per heavy atom. The lowest BCUT2D eigenvalue weighted by Gasteiger charge is -2.29. The van der Waals surface area contributed by atoms with E-state index in [4.69, 9.17) is 4.74 Å². The molecule has 0 saturated heterocycles. The van der Waals surface area contributed by atoms with Crippen LogP contribution < -0.4 is 5.32 Å². The monoisotopic (exact) mass is 344 g/mol. The summed E-state index contributed by atoms with van der Waals surface area (Å²) < 4.78 is 5.23. The van der Waals surface area contributed by atoms with Gasteiger partial charge in [-0.2, -0.15) is 0 Å². The minimum absolute atomic E-state index is 0.000862. The van der Waals surface area contributed by atoms with Crippen LogP contribution in [0.15, 0.2) is 29.5 Å². The molecule has 1 atom stereocenters. The zero-order valence-electron chi connectivity index (χ0n) is 16.0. The number of ether oxygens (including phenoxy) is 1. The number of rotatable bonds is 6. The van der Waals surface area contributed by atoms with Crippen LogP contribution >= 0.6 is 0 Å². The Morgan fingerprint density at radius 1 is 1.24 bits per heavy atom. The Hall–Kier alpha value is -2.30. The maximum atomic E-state index is 13.0. The second-order valence-electron chi connectivity index (χ2n) is 6.66. The number of anilines is 1. The van der Waals surface area contributed by atoms with Crippen molar-refractivity contribution in [3.63, 3.8) is 0 Å². The van der Waals surface area contributed by atoms with E-state index in [9.17, 15) is 9.59 Å². The SMILES string of the molecule is CCOC(=O)C1=C(Nc2ccc(C)c(C)c2)C(=O)N(C(C)C)C1CC. The van der Waals surface area contributed by atoms with E-state index in [1.807, 2.05) is 52.8 Å². The van der Waals surface area contributed by atoms with E-state index in [0.717, 1.165) is 11.3 Å². The minimum atomic E-state index is -0.419. The molecule has 0 radical (unpaired) electrons. The molecule has 5 nitrogen and oxygen atoms in total. The summed E-state index contributed by atoms with van der Waals surface area (Å²) in [5, 5.41) is 3.18. The summed E-state index contributed by atoms with van der Waals surface area (Å²) in [6.07, 6.45) is 0.663. The summed E-state index contributed by atoms with van der Waals surface area (Å²) in [7, 11) is 0. The van der Waals surface area contributed by atoms with E-state index < -0.39 is 5.97 Å². The third-order valence-corrected chi connectivity index (χ3v) is 4.60. The normalized spacial score (nSPS) is 17.5. The van der Waals surface area contributed by atoms with Crippen LogP contribution in [-0.4, -0.2) is 35.5 Å². The summed E-state index contributed by atoms with van der Waals surface area (Å²) in [4.78, 5) is 27.3. The smallest absolute Gasteiger partial charge is 0.338 e. The number of nitrogens with zero attached hydrogens (tertiary/aromatic N) is 1. The van der Waals surface area contributed by atoms with E-state index in [1.165, 1.54) is 5.56 Å². The molecule has 0 bridgehead atoms. The first-order valence-electron chi connectivity index (χ1n) is 8.89. The van der Waals surface area contributed by atoms with Crippen molar-refractivity contribution in [1.82, 2.24) is 4.90 Å². The molecule has 0 saturated carbocycles. The number of esters is 1. The van der Waals surface area contributed by atoms with Crippen molar-refractivity contribution in [3.05, 3.63) is 40.6 Å². The molecule has 1 unspecified atom stereocenters. The molecule has 0 spiro atoms. The van der Waals surface area contributed by atoms with Gasteiger partial charge >= 0.3 is 5.97 Å².